The molecule has 0 aliphatic carbocycles. The molecule has 1 fully saturated rings. The van der Waals surface area contributed by atoms with E-state index in [0.29, 0.717) is 0 Å². The Morgan fingerprint density at radius 1 is 1.55 bits per heavy atom. The second kappa shape index (κ2) is 2.41. The summed E-state index contributed by atoms with van der Waals surface area (Å²) in [6, 6.07) is 0. The van der Waals surface area contributed by atoms with Gasteiger partial charge in [0.15, 0.2) is 6.10 Å². The molecule has 11 heavy (non-hydrogen) atoms. The first-order valence-corrected chi connectivity index (χ1v) is 3.60. The largest absolute Gasteiger partial charge is 0.434 e. The molecule has 62 valence electrons. The molecule has 1 saturated heterocycles. The molecule has 0 radical (unpaired) electrons. The number of rotatable bonds is 1. The third-order valence-electron chi connectivity index (χ3n) is 1.33. The van der Waals surface area contributed by atoms with Gasteiger partial charge in [-0.1, -0.05) is 0 Å². The number of cyclic esters (lactones) is 1. The molecule has 1 heterocycles. The molecule has 0 spiro atoms. The normalized spacial score (nSPS) is 24.8. The second-order valence-corrected chi connectivity index (χ2v) is 4.08. The van der Waals surface area contributed by atoms with Crippen molar-refractivity contribution in [3.8, 4) is 0 Å². The van der Waals surface area contributed by atoms with E-state index in [0.717, 1.165) is 0 Å². The Labute approximate surface area is 69.7 Å². The molecule has 0 aromatic heterocycles. The van der Waals surface area contributed by atoms with Crippen LogP contribution in [0.4, 0.5) is 4.79 Å². The molecular weight excluding hydrogens is 166 g/mol. The molecule has 1 atom stereocenters. The number of alkyl carbamates (subject to hydrolysis) is 1. The minimum atomic E-state index is -0.779. The maximum Gasteiger partial charge on any atom is 0.414 e. The van der Waals surface area contributed by atoms with Gasteiger partial charge in [0.1, 0.15) is 0 Å². The molecule has 1 unspecified atom stereocenters. The van der Waals surface area contributed by atoms with Gasteiger partial charge in [-0.25, -0.2) is 4.79 Å². The first kappa shape index (κ1) is 8.39. The fraction of sp³-hybridized carbons (Fsp3) is 0.667. The number of carbonyl (C=O) groups excluding carboxylic acids is 2. The van der Waals surface area contributed by atoms with Gasteiger partial charge in [0.2, 0.25) is 0 Å². The predicted molar refractivity (Wildman–Crippen MR) is 41.5 cm³/mol. The van der Waals surface area contributed by atoms with Crippen molar-refractivity contribution in [1.29, 1.82) is 0 Å². The molecule has 1 rings (SSSR count). The van der Waals surface area contributed by atoms with E-state index in [1.54, 1.807) is 13.8 Å². The van der Waals surface area contributed by atoms with Crippen LogP contribution in [0.3, 0.4) is 0 Å². The molecule has 1 N–H and O–H groups in total. The predicted octanol–water partition coefficient (Wildman–Crippen LogP) is 0.330. The van der Waals surface area contributed by atoms with Crippen LogP contribution < -0.4 is 5.32 Å². The highest BCUT2D eigenvalue weighted by molar-refractivity contribution is 7.81. The van der Waals surface area contributed by atoms with Crippen molar-refractivity contribution in [3.05, 3.63) is 0 Å². The summed E-state index contributed by atoms with van der Waals surface area (Å²) in [5.74, 6) is -0.421. The van der Waals surface area contributed by atoms with Crippen LogP contribution in [-0.2, 0) is 9.53 Å². The molecule has 0 aromatic carbocycles. The molecule has 1 aliphatic rings. The molecule has 0 bridgehead atoms. The monoisotopic (exact) mass is 175 g/mol. The van der Waals surface area contributed by atoms with Crippen molar-refractivity contribution in [3.63, 3.8) is 0 Å². The van der Waals surface area contributed by atoms with Crippen molar-refractivity contribution in [2.24, 2.45) is 0 Å². The molecule has 1 aliphatic heterocycles. The van der Waals surface area contributed by atoms with E-state index in [9.17, 15) is 9.59 Å². The Morgan fingerprint density at radius 3 is 2.27 bits per heavy atom. The molecule has 4 nitrogen and oxygen atoms in total. The average molecular weight is 175 g/mol. The second-order valence-electron chi connectivity index (χ2n) is 2.93. The zero-order valence-corrected chi connectivity index (χ0v) is 7.14. The molecular formula is C6H9NO3S. The van der Waals surface area contributed by atoms with E-state index in [-0.39, 0.29) is 0 Å². The Hall–Kier alpha value is -0.710. The summed E-state index contributed by atoms with van der Waals surface area (Å²) in [5, 5.41) is 2.02. The highest BCUT2D eigenvalue weighted by Gasteiger charge is 2.41. The lowest BCUT2D eigenvalue weighted by molar-refractivity contribution is -0.124. The first-order valence-electron chi connectivity index (χ1n) is 3.15. The van der Waals surface area contributed by atoms with Gasteiger partial charge in [0, 0.05) is 0 Å². The van der Waals surface area contributed by atoms with Crippen molar-refractivity contribution in [1.82, 2.24) is 5.32 Å². The average Bonchev–Trinajstić information content (AvgIpc) is 2.08. The number of hydrogen-bond donors (Lipinski definition) is 2. The molecule has 2 amide bonds. The van der Waals surface area contributed by atoms with Crippen LogP contribution in [0, 0.1) is 0 Å². The number of carbonyl (C=O) groups is 2. The Morgan fingerprint density at radius 2 is 2.09 bits per heavy atom. The summed E-state index contributed by atoms with van der Waals surface area (Å²) in [6.45, 7) is 3.41. The zero-order chi connectivity index (χ0) is 8.65. The van der Waals surface area contributed by atoms with Crippen LogP contribution in [0.1, 0.15) is 13.8 Å². The Kier molecular flexibility index (Phi) is 1.83. The van der Waals surface area contributed by atoms with Crippen LogP contribution in [-0.4, -0.2) is 22.9 Å². The lowest BCUT2D eigenvalue weighted by Gasteiger charge is -2.20. The van der Waals surface area contributed by atoms with Gasteiger partial charge >= 0.3 is 6.09 Å². The molecule has 5 heteroatoms. The summed E-state index contributed by atoms with van der Waals surface area (Å²) in [5.41, 5.74) is 0. The maximum absolute atomic E-state index is 10.9. The summed E-state index contributed by atoms with van der Waals surface area (Å²) in [4.78, 5) is 21.4. The van der Waals surface area contributed by atoms with E-state index < -0.39 is 22.9 Å². The number of hydrogen-bond acceptors (Lipinski definition) is 4. The van der Waals surface area contributed by atoms with E-state index in [4.69, 9.17) is 0 Å². The van der Waals surface area contributed by atoms with E-state index in [2.05, 4.69) is 17.4 Å². The summed E-state index contributed by atoms with van der Waals surface area (Å²) >= 11 is 4.11. The summed E-state index contributed by atoms with van der Waals surface area (Å²) in [6.07, 6.45) is -1.47. The maximum atomic E-state index is 10.9. The lowest BCUT2D eigenvalue weighted by atomic mass is 10.1. The van der Waals surface area contributed by atoms with Crippen LogP contribution >= 0.6 is 12.6 Å². The minimum absolute atomic E-state index is 0.421. The topological polar surface area (TPSA) is 55.4 Å². The van der Waals surface area contributed by atoms with Crippen molar-refractivity contribution < 1.29 is 14.3 Å². The van der Waals surface area contributed by atoms with Crippen LogP contribution in [0.25, 0.3) is 0 Å². The summed E-state index contributed by atoms with van der Waals surface area (Å²) in [7, 11) is 0. The highest BCUT2D eigenvalue weighted by atomic mass is 32.1. The van der Waals surface area contributed by atoms with Crippen molar-refractivity contribution in [2.75, 3.05) is 0 Å². The third kappa shape index (κ3) is 1.65. The van der Waals surface area contributed by atoms with Gasteiger partial charge in [-0.3, -0.25) is 10.1 Å². The van der Waals surface area contributed by atoms with E-state index >= 15 is 0 Å². The standard InChI is InChI=1S/C6H9NO3S/c1-6(2,11)3-4(8)7-5(9)10-3/h3,11H,1-2H3,(H,7,8,9). The Bertz CT molecular complexity index is 208. The highest BCUT2D eigenvalue weighted by Crippen LogP contribution is 2.23. The van der Waals surface area contributed by atoms with Crippen LogP contribution in [0.5, 0.6) is 0 Å². The lowest BCUT2D eigenvalue weighted by Crippen LogP contribution is -2.38. The first-order chi connectivity index (χ1) is 4.91. The van der Waals surface area contributed by atoms with Gasteiger partial charge in [0.25, 0.3) is 5.91 Å². The quantitative estimate of drug-likeness (QED) is 0.565. The SMILES string of the molecule is CC(C)(S)C1OC(=O)NC1=O. The van der Waals surface area contributed by atoms with Gasteiger partial charge < -0.3 is 4.74 Å². The third-order valence-corrected chi connectivity index (χ3v) is 1.56. The minimum Gasteiger partial charge on any atom is -0.434 e. The number of thiol groups is 1. The van der Waals surface area contributed by atoms with Crippen molar-refractivity contribution in [2.45, 2.75) is 24.7 Å². The molecule has 0 aromatic rings. The van der Waals surface area contributed by atoms with Crippen LogP contribution in [0.15, 0.2) is 0 Å². The molecule has 0 saturated carbocycles. The smallest absolute Gasteiger partial charge is 0.414 e. The number of imide groups is 1. The fourth-order valence-corrected chi connectivity index (χ4v) is 0.991. The fourth-order valence-electron chi connectivity index (χ4n) is 0.821. The number of ether oxygens (including phenoxy) is 1. The van der Waals surface area contributed by atoms with E-state index in [1.807, 2.05) is 5.32 Å². The number of amides is 2. The number of nitrogens with one attached hydrogen (secondary N) is 1. The van der Waals surface area contributed by atoms with E-state index in [1.165, 1.54) is 0 Å². The van der Waals surface area contributed by atoms with Crippen LogP contribution in [0.2, 0.25) is 0 Å². The van der Waals surface area contributed by atoms with Gasteiger partial charge in [-0.2, -0.15) is 12.6 Å². The van der Waals surface area contributed by atoms with Gasteiger partial charge in [0.05, 0.1) is 4.75 Å². The van der Waals surface area contributed by atoms with Gasteiger partial charge in [-0.05, 0) is 13.8 Å². The Balaban J connectivity index is 2.76. The zero-order valence-electron chi connectivity index (χ0n) is 6.25. The van der Waals surface area contributed by atoms with Gasteiger partial charge in [-0.15, -0.1) is 0 Å². The van der Waals surface area contributed by atoms with Crippen molar-refractivity contribution >= 4 is 24.6 Å². The summed E-state index contributed by atoms with van der Waals surface area (Å²) < 4.78 is 4.03.